The first-order valence-electron chi connectivity index (χ1n) is 7.04. The Bertz CT molecular complexity index is 639. The quantitative estimate of drug-likeness (QED) is 0.626. The number of hydrogen-bond donors (Lipinski definition) is 1. The molecule has 22 heavy (non-hydrogen) atoms. The zero-order chi connectivity index (χ0) is 15.9. The number of amides is 1. The van der Waals surface area contributed by atoms with Gasteiger partial charge >= 0.3 is 5.69 Å². The second-order valence-corrected chi connectivity index (χ2v) is 5.08. The van der Waals surface area contributed by atoms with Gasteiger partial charge in [-0.1, -0.05) is 37.3 Å². The van der Waals surface area contributed by atoms with Crippen molar-refractivity contribution < 1.29 is 9.72 Å². The van der Waals surface area contributed by atoms with E-state index >= 15 is 0 Å². The summed E-state index contributed by atoms with van der Waals surface area (Å²) in [6, 6.07) is 9.95. The molecular formula is C15H18N4O3. The van der Waals surface area contributed by atoms with Crippen molar-refractivity contribution in [3.05, 3.63) is 58.4 Å². The average molecular weight is 302 g/mol. The highest BCUT2D eigenvalue weighted by Crippen LogP contribution is 2.13. The number of nitrogens with one attached hydrogen (secondary N) is 1. The Morgan fingerprint density at radius 1 is 1.41 bits per heavy atom. The second kappa shape index (κ2) is 7.35. The molecule has 1 atom stereocenters. The molecule has 1 amide bonds. The molecule has 0 saturated heterocycles. The van der Waals surface area contributed by atoms with E-state index in [9.17, 15) is 14.9 Å². The van der Waals surface area contributed by atoms with Crippen LogP contribution in [0.15, 0.2) is 42.7 Å². The Kier molecular flexibility index (Phi) is 5.24. The Labute approximate surface area is 128 Å². The maximum absolute atomic E-state index is 11.8. The van der Waals surface area contributed by atoms with Gasteiger partial charge in [-0.05, 0) is 11.5 Å². The number of aromatic nitrogens is 2. The Morgan fingerprint density at radius 2 is 2.14 bits per heavy atom. The third-order valence-electron chi connectivity index (χ3n) is 3.37. The molecule has 2 rings (SSSR count). The van der Waals surface area contributed by atoms with Crippen LogP contribution in [0.5, 0.6) is 0 Å². The largest absolute Gasteiger partial charge is 0.355 e. The molecule has 0 aliphatic rings. The topological polar surface area (TPSA) is 90.1 Å². The lowest BCUT2D eigenvalue weighted by Crippen LogP contribution is -2.28. The molecule has 0 aliphatic carbocycles. The molecule has 0 spiro atoms. The van der Waals surface area contributed by atoms with Gasteiger partial charge in [-0.3, -0.25) is 19.6 Å². The van der Waals surface area contributed by atoms with Crippen molar-refractivity contribution in [3.63, 3.8) is 0 Å². The minimum atomic E-state index is -0.509. The van der Waals surface area contributed by atoms with Crippen LogP contribution in [0.3, 0.4) is 0 Å². The fourth-order valence-electron chi connectivity index (χ4n) is 2.04. The summed E-state index contributed by atoms with van der Waals surface area (Å²) in [6.45, 7) is 2.92. The minimum absolute atomic E-state index is 0.0712. The lowest BCUT2D eigenvalue weighted by molar-refractivity contribution is -0.385. The second-order valence-electron chi connectivity index (χ2n) is 5.08. The van der Waals surface area contributed by atoms with Crippen LogP contribution >= 0.6 is 0 Å². The summed E-state index contributed by atoms with van der Waals surface area (Å²) in [5.41, 5.74) is 1.10. The first-order chi connectivity index (χ1) is 10.6. The van der Waals surface area contributed by atoms with Crippen LogP contribution < -0.4 is 5.32 Å². The van der Waals surface area contributed by atoms with E-state index in [4.69, 9.17) is 0 Å². The fourth-order valence-corrected chi connectivity index (χ4v) is 2.04. The summed E-state index contributed by atoms with van der Waals surface area (Å²) < 4.78 is 1.40. The molecule has 1 aromatic heterocycles. The van der Waals surface area contributed by atoms with Crippen molar-refractivity contribution in [2.45, 2.75) is 25.8 Å². The zero-order valence-corrected chi connectivity index (χ0v) is 12.3. The number of rotatable bonds is 7. The van der Waals surface area contributed by atoms with E-state index in [0.29, 0.717) is 13.1 Å². The molecule has 1 unspecified atom stereocenters. The molecule has 1 N–H and O–H groups in total. The number of aryl methyl sites for hydroxylation is 1. The molecular weight excluding hydrogens is 284 g/mol. The molecule has 0 bridgehead atoms. The molecule has 116 valence electrons. The summed E-state index contributed by atoms with van der Waals surface area (Å²) in [5, 5.41) is 17.3. The first kappa shape index (κ1) is 15.7. The Hall–Kier alpha value is -2.70. The maximum Gasteiger partial charge on any atom is 0.306 e. The van der Waals surface area contributed by atoms with E-state index in [-0.39, 0.29) is 23.9 Å². The standard InChI is InChI=1S/C15H18N4O3/c1-12(13-5-3-2-4-6-13)9-16-15(20)7-8-18-11-14(10-17-18)19(21)22/h2-6,10-12H,7-9H2,1H3,(H,16,20). The van der Waals surface area contributed by atoms with Crippen LogP contribution in [0.25, 0.3) is 0 Å². The highest BCUT2D eigenvalue weighted by molar-refractivity contribution is 5.75. The number of carbonyl (C=O) groups excluding carboxylic acids is 1. The maximum atomic E-state index is 11.8. The third kappa shape index (κ3) is 4.41. The summed E-state index contributed by atoms with van der Waals surface area (Å²) in [4.78, 5) is 21.8. The van der Waals surface area contributed by atoms with Crippen LogP contribution in [-0.4, -0.2) is 27.2 Å². The van der Waals surface area contributed by atoms with Gasteiger partial charge < -0.3 is 5.32 Å². The summed E-state index contributed by atoms with van der Waals surface area (Å²) in [6.07, 6.45) is 2.73. The summed E-state index contributed by atoms with van der Waals surface area (Å²) >= 11 is 0. The van der Waals surface area contributed by atoms with Crippen molar-refractivity contribution in [2.24, 2.45) is 0 Å². The van der Waals surface area contributed by atoms with E-state index in [1.807, 2.05) is 37.3 Å². The van der Waals surface area contributed by atoms with Gasteiger partial charge in [0, 0.05) is 19.5 Å². The van der Waals surface area contributed by atoms with E-state index in [2.05, 4.69) is 10.4 Å². The van der Waals surface area contributed by atoms with Crippen molar-refractivity contribution in [3.8, 4) is 0 Å². The van der Waals surface area contributed by atoms with Gasteiger partial charge in [0.1, 0.15) is 12.4 Å². The van der Waals surface area contributed by atoms with Crippen molar-refractivity contribution in [2.75, 3.05) is 6.54 Å². The lowest BCUT2D eigenvalue weighted by atomic mass is 10.0. The van der Waals surface area contributed by atoms with Gasteiger partial charge in [0.15, 0.2) is 0 Å². The van der Waals surface area contributed by atoms with Crippen LogP contribution in [0.4, 0.5) is 5.69 Å². The molecule has 1 aromatic carbocycles. The van der Waals surface area contributed by atoms with E-state index in [0.717, 1.165) is 0 Å². The number of nitro groups is 1. The van der Waals surface area contributed by atoms with Gasteiger partial charge in [-0.2, -0.15) is 5.10 Å². The Morgan fingerprint density at radius 3 is 2.77 bits per heavy atom. The number of nitrogens with zero attached hydrogens (tertiary/aromatic N) is 3. The molecule has 7 heteroatoms. The highest BCUT2D eigenvalue weighted by Gasteiger charge is 2.11. The van der Waals surface area contributed by atoms with Gasteiger partial charge in [0.2, 0.25) is 5.91 Å². The SMILES string of the molecule is CC(CNC(=O)CCn1cc([N+](=O)[O-])cn1)c1ccccc1. The molecule has 7 nitrogen and oxygen atoms in total. The first-order valence-corrected chi connectivity index (χ1v) is 7.04. The normalized spacial score (nSPS) is 11.9. The van der Waals surface area contributed by atoms with Crippen LogP contribution in [0.2, 0.25) is 0 Å². The predicted octanol–water partition coefficient (Wildman–Crippen LogP) is 2.10. The Balaban J connectivity index is 1.75. The molecule has 0 radical (unpaired) electrons. The van der Waals surface area contributed by atoms with Gasteiger partial charge in [-0.25, -0.2) is 0 Å². The smallest absolute Gasteiger partial charge is 0.306 e. The number of hydrogen-bond acceptors (Lipinski definition) is 4. The zero-order valence-electron chi connectivity index (χ0n) is 12.3. The molecule has 1 heterocycles. The number of benzene rings is 1. The molecule has 0 aliphatic heterocycles. The molecule has 0 saturated carbocycles. The van der Waals surface area contributed by atoms with Crippen molar-refractivity contribution in [1.82, 2.24) is 15.1 Å². The highest BCUT2D eigenvalue weighted by atomic mass is 16.6. The lowest BCUT2D eigenvalue weighted by Gasteiger charge is -2.13. The monoisotopic (exact) mass is 302 g/mol. The van der Waals surface area contributed by atoms with Gasteiger partial charge in [-0.15, -0.1) is 0 Å². The summed E-state index contributed by atoms with van der Waals surface area (Å²) in [7, 11) is 0. The predicted molar refractivity (Wildman–Crippen MR) is 81.4 cm³/mol. The van der Waals surface area contributed by atoms with E-state index in [1.165, 1.54) is 22.6 Å². The van der Waals surface area contributed by atoms with Crippen molar-refractivity contribution >= 4 is 11.6 Å². The van der Waals surface area contributed by atoms with Crippen molar-refractivity contribution in [1.29, 1.82) is 0 Å². The van der Waals surface area contributed by atoms with Crippen LogP contribution in [0, 0.1) is 10.1 Å². The number of carbonyl (C=O) groups is 1. The van der Waals surface area contributed by atoms with Gasteiger partial charge in [0.05, 0.1) is 4.92 Å². The average Bonchev–Trinajstić information content (AvgIpc) is 3.00. The fraction of sp³-hybridized carbons (Fsp3) is 0.333. The van der Waals surface area contributed by atoms with E-state index in [1.54, 1.807) is 0 Å². The third-order valence-corrected chi connectivity index (χ3v) is 3.37. The van der Waals surface area contributed by atoms with Crippen LogP contribution in [-0.2, 0) is 11.3 Å². The molecule has 2 aromatic rings. The minimum Gasteiger partial charge on any atom is -0.355 e. The summed E-state index contributed by atoms with van der Waals surface area (Å²) in [5.74, 6) is 0.136. The van der Waals surface area contributed by atoms with Crippen LogP contribution in [0.1, 0.15) is 24.8 Å². The van der Waals surface area contributed by atoms with E-state index < -0.39 is 4.92 Å². The molecule has 0 fully saturated rings. The van der Waals surface area contributed by atoms with Gasteiger partial charge in [0.25, 0.3) is 0 Å².